The number of hydrogen-bond acceptors (Lipinski definition) is 4. The first-order valence-electron chi connectivity index (χ1n) is 6.56. The molecule has 18 heavy (non-hydrogen) atoms. The Labute approximate surface area is 110 Å². The van der Waals surface area contributed by atoms with Gasteiger partial charge in [0.05, 0.1) is 6.10 Å². The number of ether oxygens (including phenoxy) is 2. The van der Waals surface area contributed by atoms with Gasteiger partial charge < -0.3 is 20.1 Å². The van der Waals surface area contributed by atoms with Crippen LogP contribution in [0.15, 0.2) is 0 Å². The Kier molecular flexibility index (Phi) is 5.41. The summed E-state index contributed by atoms with van der Waals surface area (Å²) < 4.78 is 10.4. The van der Waals surface area contributed by atoms with E-state index in [2.05, 4.69) is 10.6 Å². The highest BCUT2D eigenvalue weighted by Crippen LogP contribution is 2.20. The minimum absolute atomic E-state index is 0.225. The van der Waals surface area contributed by atoms with E-state index in [4.69, 9.17) is 9.47 Å². The van der Waals surface area contributed by atoms with Crippen molar-refractivity contribution in [2.75, 3.05) is 13.7 Å². The van der Waals surface area contributed by atoms with Crippen LogP contribution in [0, 0.1) is 0 Å². The van der Waals surface area contributed by atoms with Crippen molar-refractivity contribution < 1.29 is 14.3 Å². The molecule has 1 amide bonds. The predicted octanol–water partition coefficient (Wildman–Crippen LogP) is 1.67. The lowest BCUT2D eigenvalue weighted by molar-refractivity contribution is 0.0458. The van der Waals surface area contributed by atoms with E-state index < -0.39 is 5.60 Å². The van der Waals surface area contributed by atoms with Crippen molar-refractivity contribution in [2.45, 2.75) is 64.3 Å². The number of rotatable bonds is 5. The molecule has 0 aromatic carbocycles. The SMILES string of the molecule is COC(C)CNC1CC(NC(=O)OC(C)(C)C)C1. The zero-order valence-corrected chi connectivity index (χ0v) is 12.1. The van der Waals surface area contributed by atoms with Crippen LogP contribution in [-0.4, -0.2) is 43.5 Å². The minimum atomic E-state index is -0.431. The number of hydrogen-bond donors (Lipinski definition) is 2. The molecule has 0 saturated heterocycles. The summed E-state index contributed by atoms with van der Waals surface area (Å²) in [6.45, 7) is 8.47. The average Bonchev–Trinajstić information content (AvgIpc) is 2.17. The molecule has 5 nitrogen and oxygen atoms in total. The number of amides is 1. The monoisotopic (exact) mass is 258 g/mol. The Bertz CT molecular complexity index is 270. The highest BCUT2D eigenvalue weighted by atomic mass is 16.6. The molecule has 1 unspecified atom stereocenters. The Morgan fingerprint density at radius 1 is 1.33 bits per heavy atom. The number of carbonyl (C=O) groups excluding carboxylic acids is 1. The summed E-state index contributed by atoms with van der Waals surface area (Å²) in [5.41, 5.74) is -0.431. The molecule has 0 aliphatic heterocycles. The molecule has 0 bridgehead atoms. The predicted molar refractivity (Wildman–Crippen MR) is 70.7 cm³/mol. The normalized spacial score (nSPS) is 25.2. The van der Waals surface area contributed by atoms with Crippen LogP contribution in [0.5, 0.6) is 0 Å². The Balaban J connectivity index is 2.10. The van der Waals surface area contributed by atoms with Gasteiger partial charge in [0, 0.05) is 25.7 Å². The molecular weight excluding hydrogens is 232 g/mol. The zero-order valence-electron chi connectivity index (χ0n) is 12.1. The van der Waals surface area contributed by atoms with E-state index in [1.165, 1.54) is 0 Å². The lowest BCUT2D eigenvalue weighted by Crippen LogP contribution is -2.54. The summed E-state index contributed by atoms with van der Waals surface area (Å²) in [4.78, 5) is 11.5. The second kappa shape index (κ2) is 6.38. The van der Waals surface area contributed by atoms with E-state index in [1.54, 1.807) is 7.11 Å². The molecule has 1 aliphatic carbocycles. The molecule has 5 heteroatoms. The summed E-state index contributed by atoms with van der Waals surface area (Å²) in [7, 11) is 1.71. The van der Waals surface area contributed by atoms with Crippen LogP contribution in [0.4, 0.5) is 4.79 Å². The molecule has 1 saturated carbocycles. The van der Waals surface area contributed by atoms with Crippen molar-refractivity contribution in [3.63, 3.8) is 0 Å². The molecule has 0 radical (unpaired) electrons. The third-order valence-electron chi connectivity index (χ3n) is 2.96. The fourth-order valence-electron chi connectivity index (χ4n) is 1.79. The molecule has 1 atom stereocenters. The zero-order chi connectivity index (χ0) is 13.8. The lowest BCUT2D eigenvalue weighted by atomic mass is 9.87. The second-order valence-corrected chi connectivity index (χ2v) is 5.97. The van der Waals surface area contributed by atoms with Crippen molar-refractivity contribution >= 4 is 6.09 Å². The van der Waals surface area contributed by atoms with Gasteiger partial charge >= 0.3 is 6.09 Å². The van der Waals surface area contributed by atoms with E-state index in [1.807, 2.05) is 27.7 Å². The first-order valence-corrected chi connectivity index (χ1v) is 6.56. The van der Waals surface area contributed by atoms with E-state index in [0.717, 1.165) is 19.4 Å². The van der Waals surface area contributed by atoms with Gasteiger partial charge in [-0.3, -0.25) is 0 Å². The molecule has 0 aromatic heterocycles. The van der Waals surface area contributed by atoms with Crippen molar-refractivity contribution in [2.24, 2.45) is 0 Å². The van der Waals surface area contributed by atoms with Crippen LogP contribution in [0.2, 0.25) is 0 Å². The van der Waals surface area contributed by atoms with Crippen molar-refractivity contribution in [1.29, 1.82) is 0 Å². The lowest BCUT2D eigenvalue weighted by Gasteiger charge is -2.37. The van der Waals surface area contributed by atoms with E-state index >= 15 is 0 Å². The van der Waals surface area contributed by atoms with Gasteiger partial charge in [-0.05, 0) is 40.5 Å². The van der Waals surface area contributed by atoms with Crippen LogP contribution in [0.25, 0.3) is 0 Å². The minimum Gasteiger partial charge on any atom is -0.444 e. The summed E-state index contributed by atoms with van der Waals surface area (Å²) in [5, 5.41) is 6.28. The van der Waals surface area contributed by atoms with Crippen molar-refractivity contribution in [1.82, 2.24) is 10.6 Å². The standard InChI is InChI=1S/C13H26N2O3/c1-9(17-5)8-14-10-6-11(7-10)15-12(16)18-13(2,3)4/h9-11,14H,6-8H2,1-5H3,(H,15,16). The summed E-state index contributed by atoms with van der Waals surface area (Å²) in [6, 6.07) is 0.706. The molecule has 0 heterocycles. The maximum Gasteiger partial charge on any atom is 0.407 e. The third-order valence-corrected chi connectivity index (χ3v) is 2.96. The topological polar surface area (TPSA) is 59.6 Å². The van der Waals surface area contributed by atoms with E-state index in [0.29, 0.717) is 6.04 Å². The van der Waals surface area contributed by atoms with Crippen molar-refractivity contribution in [3.05, 3.63) is 0 Å². The third kappa shape index (κ3) is 5.69. The molecule has 0 spiro atoms. The van der Waals surface area contributed by atoms with Crippen LogP contribution >= 0.6 is 0 Å². The molecular formula is C13H26N2O3. The van der Waals surface area contributed by atoms with Gasteiger partial charge in [-0.15, -0.1) is 0 Å². The maximum atomic E-state index is 11.5. The van der Waals surface area contributed by atoms with Crippen LogP contribution in [0.1, 0.15) is 40.5 Å². The molecule has 1 aliphatic rings. The number of methoxy groups -OCH3 is 1. The Morgan fingerprint density at radius 3 is 2.44 bits per heavy atom. The van der Waals surface area contributed by atoms with Crippen LogP contribution in [0.3, 0.4) is 0 Å². The first kappa shape index (κ1) is 15.2. The van der Waals surface area contributed by atoms with Crippen LogP contribution in [-0.2, 0) is 9.47 Å². The summed E-state index contributed by atoms with van der Waals surface area (Å²) in [5.74, 6) is 0. The smallest absolute Gasteiger partial charge is 0.407 e. The highest BCUT2D eigenvalue weighted by Gasteiger charge is 2.31. The van der Waals surface area contributed by atoms with E-state index in [9.17, 15) is 4.79 Å². The molecule has 2 N–H and O–H groups in total. The number of carbonyl (C=O) groups is 1. The maximum absolute atomic E-state index is 11.5. The van der Waals surface area contributed by atoms with Gasteiger partial charge in [0.15, 0.2) is 0 Å². The molecule has 1 rings (SSSR count). The Hall–Kier alpha value is -0.810. The quantitative estimate of drug-likeness (QED) is 0.787. The average molecular weight is 258 g/mol. The molecule has 0 aromatic rings. The van der Waals surface area contributed by atoms with Gasteiger partial charge in [0.1, 0.15) is 5.60 Å². The molecule has 106 valence electrons. The van der Waals surface area contributed by atoms with E-state index in [-0.39, 0.29) is 18.2 Å². The van der Waals surface area contributed by atoms with Gasteiger partial charge in [-0.2, -0.15) is 0 Å². The van der Waals surface area contributed by atoms with Gasteiger partial charge in [0.25, 0.3) is 0 Å². The van der Waals surface area contributed by atoms with Crippen molar-refractivity contribution in [3.8, 4) is 0 Å². The second-order valence-electron chi connectivity index (χ2n) is 5.97. The Morgan fingerprint density at radius 2 is 1.94 bits per heavy atom. The van der Waals surface area contributed by atoms with Gasteiger partial charge in [0.2, 0.25) is 0 Å². The van der Waals surface area contributed by atoms with Gasteiger partial charge in [-0.1, -0.05) is 0 Å². The largest absolute Gasteiger partial charge is 0.444 e. The molecule has 1 fully saturated rings. The number of alkyl carbamates (subject to hydrolysis) is 1. The first-order chi connectivity index (χ1) is 8.30. The summed E-state index contributed by atoms with van der Waals surface area (Å²) >= 11 is 0. The highest BCUT2D eigenvalue weighted by molar-refractivity contribution is 5.68. The fourth-order valence-corrected chi connectivity index (χ4v) is 1.79. The van der Waals surface area contributed by atoms with Gasteiger partial charge in [-0.25, -0.2) is 4.79 Å². The fraction of sp³-hybridized carbons (Fsp3) is 0.923. The number of nitrogens with one attached hydrogen (secondary N) is 2. The van der Waals surface area contributed by atoms with Crippen LogP contribution < -0.4 is 10.6 Å². The summed E-state index contributed by atoms with van der Waals surface area (Å²) in [6.07, 6.45) is 1.81.